The van der Waals surface area contributed by atoms with Gasteiger partial charge in [-0.1, -0.05) is 6.07 Å². The lowest BCUT2D eigenvalue weighted by Gasteiger charge is -2.29. The van der Waals surface area contributed by atoms with Gasteiger partial charge in [-0.25, -0.2) is 8.42 Å². The molecule has 0 aromatic heterocycles. The maximum atomic E-state index is 12.5. The van der Waals surface area contributed by atoms with E-state index in [0.29, 0.717) is 17.7 Å². The minimum absolute atomic E-state index is 0.270. The van der Waals surface area contributed by atoms with E-state index in [2.05, 4.69) is 0 Å². The summed E-state index contributed by atoms with van der Waals surface area (Å²) in [5, 5.41) is 8.95. The van der Waals surface area contributed by atoms with Crippen LogP contribution in [0.5, 0.6) is 0 Å². The third-order valence-electron chi connectivity index (χ3n) is 3.64. The summed E-state index contributed by atoms with van der Waals surface area (Å²) in [6.07, 6.45) is 0.749. The fourth-order valence-electron chi connectivity index (χ4n) is 2.57. The summed E-state index contributed by atoms with van der Waals surface area (Å²) < 4.78 is 26.5. The lowest BCUT2D eigenvalue weighted by molar-refractivity contribution is -0.142. The van der Waals surface area contributed by atoms with Crippen LogP contribution in [0.1, 0.15) is 24.0 Å². The molecular formula is C14H19NO4S. The van der Waals surface area contributed by atoms with Gasteiger partial charge in [-0.15, -0.1) is 0 Å². The molecule has 1 heterocycles. The first-order valence-corrected chi connectivity index (χ1v) is 8.06. The van der Waals surface area contributed by atoms with Gasteiger partial charge in [0, 0.05) is 13.1 Å². The molecular weight excluding hydrogens is 278 g/mol. The van der Waals surface area contributed by atoms with Crippen molar-refractivity contribution in [2.45, 2.75) is 31.6 Å². The highest BCUT2D eigenvalue weighted by Crippen LogP contribution is 2.25. The van der Waals surface area contributed by atoms with Crippen LogP contribution in [0.3, 0.4) is 0 Å². The van der Waals surface area contributed by atoms with Crippen LogP contribution in [0.25, 0.3) is 0 Å². The summed E-state index contributed by atoms with van der Waals surface area (Å²) in [6, 6.07) is 5.24. The Bertz CT molecular complexity index is 596. The Labute approximate surface area is 119 Å². The minimum Gasteiger partial charge on any atom is -0.481 e. The number of hydrogen-bond donors (Lipinski definition) is 1. The zero-order valence-corrected chi connectivity index (χ0v) is 12.5. The van der Waals surface area contributed by atoms with Crippen LogP contribution in [-0.4, -0.2) is 36.9 Å². The van der Waals surface area contributed by atoms with Crippen molar-refractivity contribution in [3.8, 4) is 0 Å². The van der Waals surface area contributed by atoms with E-state index < -0.39 is 21.9 Å². The van der Waals surface area contributed by atoms with Crippen LogP contribution < -0.4 is 0 Å². The van der Waals surface area contributed by atoms with Crippen molar-refractivity contribution >= 4 is 16.0 Å². The van der Waals surface area contributed by atoms with Crippen LogP contribution >= 0.6 is 0 Å². The van der Waals surface area contributed by atoms with Gasteiger partial charge in [0.2, 0.25) is 10.0 Å². The van der Waals surface area contributed by atoms with Crippen LogP contribution in [0.15, 0.2) is 23.1 Å². The van der Waals surface area contributed by atoms with Crippen molar-refractivity contribution in [3.05, 3.63) is 29.3 Å². The van der Waals surface area contributed by atoms with Gasteiger partial charge in [-0.3, -0.25) is 4.79 Å². The molecule has 0 radical (unpaired) electrons. The first kappa shape index (κ1) is 15.0. The molecule has 1 aliphatic heterocycles. The smallest absolute Gasteiger partial charge is 0.306 e. The molecule has 5 nitrogen and oxygen atoms in total. The molecule has 1 aromatic carbocycles. The molecule has 0 amide bonds. The zero-order valence-electron chi connectivity index (χ0n) is 11.7. The number of carbonyl (C=O) groups is 1. The van der Waals surface area contributed by atoms with E-state index in [1.54, 1.807) is 12.1 Å². The lowest BCUT2D eigenvalue weighted by atomic mass is 9.99. The monoisotopic (exact) mass is 297 g/mol. The van der Waals surface area contributed by atoms with Gasteiger partial charge in [0.25, 0.3) is 0 Å². The van der Waals surface area contributed by atoms with Gasteiger partial charge in [-0.2, -0.15) is 4.31 Å². The Morgan fingerprint density at radius 2 is 1.65 bits per heavy atom. The Balaban J connectivity index is 2.21. The first-order chi connectivity index (χ1) is 9.30. The van der Waals surface area contributed by atoms with E-state index in [9.17, 15) is 13.2 Å². The molecule has 1 fully saturated rings. The maximum Gasteiger partial charge on any atom is 0.306 e. The van der Waals surface area contributed by atoms with Gasteiger partial charge < -0.3 is 5.11 Å². The number of carboxylic acid groups (broad SMARTS) is 1. The topological polar surface area (TPSA) is 74.7 Å². The molecule has 2 rings (SSSR count). The van der Waals surface area contributed by atoms with Crippen molar-refractivity contribution in [2.24, 2.45) is 5.92 Å². The van der Waals surface area contributed by atoms with E-state index in [1.807, 2.05) is 19.9 Å². The fourth-order valence-corrected chi connectivity index (χ4v) is 4.23. The number of piperidine rings is 1. The Morgan fingerprint density at radius 1 is 1.15 bits per heavy atom. The molecule has 0 aliphatic carbocycles. The summed E-state index contributed by atoms with van der Waals surface area (Å²) >= 11 is 0. The summed E-state index contributed by atoms with van der Waals surface area (Å²) in [5.74, 6) is -1.27. The average molecular weight is 297 g/mol. The normalized spacial score (nSPS) is 18.1. The number of benzene rings is 1. The number of hydrogen-bond acceptors (Lipinski definition) is 3. The van der Waals surface area contributed by atoms with E-state index >= 15 is 0 Å². The fraction of sp³-hybridized carbons (Fsp3) is 0.500. The van der Waals surface area contributed by atoms with Gasteiger partial charge >= 0.3 is 5.97 Å². The number of aryl methyl sites for hydroxylation is 2. The number of carboxylic acids is 1. The second kappa shape index (κ2) is 5.54. The minimum atomic E-state index is -3.52. The molecule has 110 valence electrons. The molecule has 0 unspecified atom stereocenters. The SMILES string of the molecule is Cc1cc(C)cc(S(=O)(=O)N2CCC(C(=O)O)CC2)c1. The van der Waals surface area contributed by atoms with Crippen molar-refractivity contribution < 1.29 is 18.3 Å². The van der Waals surface area contributed by atoms with Crippen molar-refractivity contribution in [3.63, 3.8) is 0 Å². The van der Waals surface area contributed by atoms with E-state index in [4.69, 9.17) is 5.11 Å². The van der Waals surface area contributed by atoms with Gasteiger partial charge in [0.15, 0.2) is 0 Å². The van der Waals surface area contributed by atoms with Crippen molar-refractivity contribution in [1.82, 2.24) is 4.31 Å². The Morgan fingerprint density at radius 3 is 2.10 bits per heavy atom. The third-order valence-corrected chi connectivity index (χ3v) is 5.51. The number of aliphatic carboxylic acids is 1. The lowest BCUT2D eigenvalue weighted by Crippen LogP contribution is -2.40. The summed E-state index contributed by atoms with van der Waals surface area (Å²) in [6.45, 7) is 4.27. The zero-order chi connectivity index (χ0) is 14.9. The highest BCUT2D eigenvalue weighted by Gasteiger charge is 2.32. The van der Waals surface area contributed by atoms with Crippen LogP contribution in [0.4, 0.5) is 0 Å². The van der Waals surface area contributed by atoms with E-state index in [1.165, 1.54) is 4.31 Å². The molecule has 0 saturated carbocycles. The second-order valence-corrected chi connectivity index (χ2v) is 7.28. The largest absolute Gasteiger partial charge is 0.481 e. The van der Waals surface area contributed by atoms with E-state index in [0.717, 1.165) is 11.1 Å². The van der Waals surface area contributed by atoms with Gasteiger partial charge in [0.05, 0.1) is 10.8 Å². The summed E-state index contributed by atoms with van der Waals surface area (Å²) in [7, 11) is -3.52. The highest BCUT2D eigenvalue weighted by molar-refractivity contribution is 7.89. The Hall–Kier alpha value is -1.40. The van der Waals surface area contributed by atoms with Gasteiger partial charge in [-0.05, 0) is 49.9 Å². The Kier molecular flexibility index (Phi) is 4.15. The van der Waals surface area contributed by atoms with E-state index in [-0.39, 0.29) is 13.1 Å². The number of nitrogens with zero attached hydrogens (tertiary/aromatic N) is 1. The van der Waals surface area contributed by atoms with Crippen LogP contribution in [-0.2, 0) is 14.8 Å². The summed E-state index contributed by atoms with van der Waals surface area (Å²) in [5.41, 5.74) is 1.81. The molecule has 1 N–H and O–H groups in total. The van der Waals surface area contributed by atoms with Crippen molar-refractivity contribution in [1.29, 1.82) is 0 Å². The molecule has 0 spiro atoms. The molecule has 6 heteroatoms. The molecule has 0 atom stereocenters. The standard InChI is InChI=1S/C14H19NO4S/c1-10-7-11(2)9-13(8-10)20(18,19)15-5-3-12(4-6-15)14(16)17/h7-9,12H,3-6H2,1-2H3,(H,16,17). The molecule has 1 saturated heterocycles. The molecule has 0 bridgehead atoms. The van der Waals surface area contributed by atoms with Crippen LogP contribution in [0, 0.1) is 19.8 Å². The maximum absolute atomic E-state index is 12.5. The predicted octanol–water partition coefficient (Wildman–Crippen LogP) is 1.79. The molecule has 1 aromatic rings. The highest BCUT2D eigenvalue weighted by atomic mass is 32.2. The van der Waals surface area contributed by atoms with Gasteiger partial charge in [0.1, 0.15) is 0 Å². The third kappa shape index (κ3) is 3.02. The second-order valence-electron chi connectivity index (χ2n) is 5.34. The van der Waals surface area contributed by atoms with Crippen LogP contribution in [0.2, 0.25) is 0 Å². The molecule has 20 heavy (non-hydrogen) atoms. The molecule has 1 aliphatic rings. The number of sulfonamides is 1. The number of rotatable bonds is 3. The average Bonchev–Trinajstić information content (AvgIpc) is 2.37. The predicted molar refractivity (Wildman–Crippen MR) is 75.0 cm³/mol. The quantitative estimate of drug-likeness (QED) is 0.923. The summed E-state index contributed by atoms with van der Waals surface area (Å²) in [4.78, 5) is 11.2. The first-order valence-electron chi connectivity index (χ1n) is 6.62. The van der Waals surface area contributed by atoms with Crippen molar-refractivity contribution in [2.75, 3.05) is 13.1 Å².